The van der Waals surface area contributed by atoms with Crippen molar-refractivity contribution in [2.24, 2.45) is 5.92 Å². The molecule has 0 atom stereocenters. The van der Waals surface area contributed by atoms with Crippen molar-refractivity contribution in [2.45, 2.75) is 34.1 Å². The molecule has 0 aromatic rings. The molecule has 2 nitrogen and oxygen atoms in total. The monoisotopic (exact) mass is 158 g/mol. The van der Waals surface area contributed by atoms with Gasteiger partial charge in [0, 0.05) is 5.57 Å². The molecular formula is C9H18O2. The van der Waals surface area contributed by atoms with Gasteiger partial charge in [0.2, 0.25) is 0 Å². The summed E-state index contributed by atoms with van der Waals surface area (Å²) in [5.41, 5.74) is 0.176. The first kappa shape index (κ1) is 12.8. The maximum atomic E-state index is 9.60. The maximum absolute atomic E-state index is 9.60. The average Bonchev–Trinajstić information content (AvgIpc) is 1.89. The molecule has 0 saturated carbocycles. The highest BCUT2D eigenvalue weighted by molar-refractivity contribution is 5.84. The van der Waals surface area contributed by atoms with Crippen molar-refractivity contribution in [3.8, 4) is 0 Å². The second kappa shape index (κ2) is 7.32. The summed E-state index contributed by atoms with van der Waals surface area (Å²) in [6.07, 6.45) is 1.31. The van der Waals surface area contributed by atoms with Gasteiger partial charge in [0.1, 0.15) is 0 Å². The molecule has 0 aliphatic heterocycles. The van der Waals surface area contributed by atoms with E-state index >= 15 is 0 Å². The zero-order valence-electron chi connectivity index (χ0n) is 7.85. The van der Waals surface area contributed by atoms with Gasteiger partial charge in [0.25, 0.3) is 0 Å². The van der Waals surface area contributed by atoms with Crippen LogP contribution in [-0.2, 0) is 4.79 Å². The van der Waals surface area contributed by atoms with Gasteiger partial charge >= 0.3 is 5.97 Å². The van der Waals surface area contributed by atoms with E-state index in [9.17, 15) is 4.79 Å². The van der Waals surface area contributed by atoms with Crippen LogP contribution in [0.1, 0.15) is 34.1 Å². The Kier molecular flexibility index (Phi) is 8.55. The van der Waals surface area contributed by atoms with Crippen LogP contribution in [0.25, 0.3) is 0 Å². The number of hydrogen-bond acceptors (Lipinski definition) is 1. The van der Waals surface area contributed by atoms with Crippen LogP contribution >= 0.6 is 0 Å². The van der Waals surface area contributed by atoms with Gasteiger partial charge in [-0.05, 0) is 12.8 Å². The molecule has 0 rings (SSSR count). The third-order valence-corrected chi connectivity index (χ3v) is 1.18. The summed E-state index contributed by atoms with van der Waals surface area (Å²) in [4.78, 5) is 9.60. The van der Waals surface area contributed by atoms with Crippen LogP contribution in [0.3, 0.4) is 0 Å². The Balaban J connectivity index is 0. The van der Waals surface area contributed by atoms with Crippen LogP contribution in [0.5, 0.6) is 0 Å². The molecule has 0 heterocycles. The summed E-state index contributed by atoms with van der Waals surface area (Å²) in [6, 6.07) is 0. The first-order valence-electron chi connectivity index (χ1n) is 3.80. The van der Waals surface area contributed by atoms with E-state index in [0.29, 0.717) is 0 Å². The normalized spacial score (nSPS) is 8.45. The first-order chi connectivity index (χ1) is 4.91. The highest BCUT2D eigenvalue weighted by atomic mass is 16.4. The van der Waals surface area contributed by atoms with E-state index in [2.05, 4.69) is 27.4 Å². The molecule has 0 aromatic carbocycles. The average molecular weight is 158 g/mol. The molecule has 0 fully saturated rings. The molecule has 0 radical (unpaired) electrons. The third kappa shape index (κ3) is 17.6. The second-order valence-corrected chi connectivity index (χ2v) is 2.89. The lowest BCUT2D eigenvalue weighted by Gasteiger charge is -1.90. The van der Waals surface area contributed by atoms with E-state index in [4.69, 9.17) is 5.11 Å². The van der Waals surface area contributed by atoms with E-state index in [-0.39, 0.29) is 5.57 Å². The topological polar surface area (TPSA) is 37.3 Å². The van der Waals surface area contributed by atoms with Gasteiger partial charge < -0.3 is 5.11 Å². The van der Waals surface area contributed by atoms with Crippen LogP contribution in [-0.4, -0.2) is 11.1 Å². The number of carboxylic acids is 1. The maximum Gasteiger partial charge on any atom is 0.330 e. The van der Waals surface area contributed by atoms with E-state index in [1.807, 2.05) is 0 Å². The zero-order valence-corrected chi connectivity index (χ0v) is 7.85. The number of carboxylic acid groups (broad SMARTS) is 1. The molecule has 0 aliphatic rings. The predicted molar refractivity (Wildman–Crippen MR) is 47.6 cm³/mol. The number of aliphatic carboxylic acids is 1. The molecular weight excluding hydrogens is 140 g/mol. The van der Waals surface area contributed by atoms with Crippen LogP contribution in [0.15, 0.2) is 12.2 Å². The molecule has 0 saturated heterocycles. The molecule has 0 unspecified atom stereocenters. The lowest BCUT2D eigenvalue weighted by atomic mass is 10.2. The summed E-state index contributed by atoms with van der Waals surface area (Å²) in [5.74, 6) is -0.0509. The van der Waals surface area contributed by atoms with Gasteiger partial charge in [0.15, 0.2) is 0 Å². The van der Waals surface area contributed by atoms with Gasteiger partial charge in [-0.25, -0.2) is 4.79 Å². The van der Waals surface area contributed by atoms with Crippen LogP contribution < -0.4 is 0 Å². The molecule has 1 N–H and O–H groups in total. The Bertz CT molecular complexity index is 114. The minimum atomic E-state index is -0.935. The molecule has 2 heteroatoms. The minimum absolute atomic E-state index is 0.176. The van der Waals surface area contributed by atoms with E-state index in [1.54, 1.807) is 0 Å². The highest BCUT2D eigenvalue weighted by Crippen LogP contribution is 1.93. The van der Waals surface area contributed by atoms with Crippen molar-refractivity contribution >= 4 is 5.97 Å². The third-order valence-electron chi connectivity index (χ3n) is 1.18. The first-order valence-corrected chi connectivity index (χ1v) is 3.80. The number of carbonyl (C=O) groups is 1. The van der Waals surface area contributed by atoms with Crippen molar-refractivity contribution in [1.29, 1.82) is 0 Å². The smallest absolute Gasteiger partial charge is 0.330 e. The largest absolute Gasteiger partial charge is 0.478 e. The fourth-order valence-electron chi connectivity index (χ4n) is 0. The van der Waals surface area contributed by atoms with Crippen molar-refractivity contribution in [2.75, 3.05) is 0 Å². The molecule has 0 spiro atoms. The number of hydrogen-bond donors (Lipinski definition) is 1. The lowest BCUT2D eigenvalue weighted by molar-refractivity contribution is -0.132. The van der Waals surface area contributed by atoms with E-state index in [0.717, 1.165) is 5.92 Å². The van der Waals surface area contributed by atoms with Crippen LogP contribution in [0.2, 0.25) is 0 Å². The summed E-state index contributed by atoms with van der Waals surface area (Å²) >= 11 is 0. The van der Waals surface area contributed by atoms with Gasteiger partial charge in [-0.15, -0.1) is 0 Å². The summed E-state index contributed by atoms with van der Waals surface area (Å²) < 4.78 is 0. The summed E-state index contributed by atoms with van der Waals surface area (Å²) in [5, 5.41) is 7.89. The minimum Gasteiger partial charge on any atom is -0.478 e. The Morgan fingerprint density at radius 1 is 1.55 bits per heavy atom. The van der Waals surface area contributed by atoms with Gasteiger partial charge in [0.05, 0.1) is 0 Å². The fraction of sp³-hybridized carbons (Fsp3) is 0.667. The van der Waals surface area contributed by atoms with Crippen molar-refractivity contribution in [1.82, 2.24) is 0 Å². The molecule has 66 valence electrons. The van der Waals surface area contributed by atoms with Crippen LogP contribution in [0, 0.1) is 5.92 Å². The van der Waals surface area contributed by atoms with Crippen molar-refractivity contribution in [3.05, 3.63) is 12.2 Å². The van der Waals surface area contributed by atoms with Gasteiger partial charge in [-0.2, -0.15) is 0 Å². The van der Waals surface area contributed by atoms with E-state index < -0.39 is 5.97 Å². The molecule has 11 heavy (non-hydrogen) atoms. The Hall–Kier alpha value is -0.790. The SMILES string of the molecule is C=C(C)C(=O)O.CCC(C)C. The Morgan fingerprint density at radius 2 is 1.73 bits per heavy atom. The lowest BCUT2D eigenvalue weighted by Crippen LogP contribution is -1.92. The van der Waals surface area contributed by atoms with Crippen LogP contribution in [0.4, 0.5) is 0 Å². The molecule has 0 aliphatic carbocycles. The van der Waals surface area contributed by atoms with Gasteiger partial charge in [-0.3, -0.25) is 0 Å². The Morgan fingerprint density at radius 3 is 1.73 bits per heavy atom. The summed E-state index contributed by atoms with van der Waals surface area (Å²) in [7, 11) is 0. The van der Waals surface area contributed by atoms with Gasteiger partial charge in [-0.1, -0.05) is 33.8 Å². The predicted octanol–water partition coefficient (Wildman–Crippen LogP) is 2.70. The standard InChI is InChI=1S/C5H12.C4H6O2/c1-4-5(2)3;1-3(2)4(5)6/h5H,4H2,1-3H3;1H2,2H3,(H,5,6). The quantitative estimate of drug-likeness (QED) is 0.627. The molecule has 0 bridgehead atoms. The zero-order chi connectivity index (χ0) is 9.44. The summed E-state index contributed by atoms with van der Waals surface area (Å²) in [6.45, 7) is 11.2. The van der Waals surface area contributed by atoms with Crippen molar-refractivity contribution in [3.63, 3.8) is 0 Å². The molecule has 0 amide bonds. The number of rotatable bonds is 2. The molecule has 0 aromatic heterocycles. The van der Waals surface area contributed by atoms with E-state index in [1.165, 1.54) is 13.3 Å². The fourth-order valence-corrected chi connectivity index (χ4v) is 0. The Labute approximate surface area is 68.9 Å². The second-order valence-electron chi connectivity index (χ2n) is 2.89. The van der Waals surface area contributed by atoms with Crippen molar-refractivity contribution < 1.29 is 9.90 Å². The highest BCUT2D eigenvalue weighted by Gasteiger charge is 1.90.